The van der Waals surface area contributed by atoms with Crippen molar-refractivity contribution in [3.8, 4) is 0 Å². The van der Waals surface area contributed by atoms with Crippen molar-refractivity contribution in [3.63, 3.8) is 0 Å². The molecule has 1 fully saturated rings. The Morgan fingerprint density at radius 1 is 1.03 bits per heavy atom. The molecule has 0 spiro atoms. The summed E-state index contributed by atoms with van der Waals surface area (Å²) in [7, 11) is -2.33. The van der Waals surface area contributed by atoms with Gasteiger partial charge in [-0.15, -0.1) is 0 Å². The molecule has 30 heavy (non-hydrogen) atoms. The Morgan fingerprint density at radius 3 is 2.30 bits per heavy atom. The highest BCUT2D eigenvalue weighted by molar-refractivity contribution is 7.91. The molecule has 1 aromatic heterocycles. The van der Waals surface area contributed by atoms with Gasteiger partial charge in [-0.05, 0) is 42.5 Å². The number of sulfone groups is 1. The quantitative estimate of drug-likeness (QED) is 0.633. The van der Waals surface area contributed by atoms with Gasteiger partial charge in [0.05, 0.1) is 21.5 Å². The van der Waals surface area contributed by atoms with E-state index in [0.29, 0.717) is 23.0 Å². The van der Waals surface area contributed by atoms with Crippen molar-refractivity contribution >= 4 is 26.4 Å². The maximum atomic E-state index is 15.1. The topological polar surface area (TPSA) is 59.4 Å². The number of hydrogen-bond acceptors (Lipinski definition) is 4. The molecular formula is C23H25FN2O3S. The minimum absolute atomic E-state index is 0.0369. The number of aromatic nitrogens is 1. The number of hydrogen-bond donors (Lipinski definition) is 0. The highest BCUT2D eigenvalue weighted by Crippen LogP contribution is 2.31. The second-order valence-corrected chi connectivity index (χ2v) is 10.3. The van der Waals surface area contributed by atoms with Crippen molar-refractivity contribution in [2.45, 2.75) is 30.1 Å². The number of nitrogens with zero attached hydrogens (tertiary/aromatic N) is 2. The third-order valence-electron chi connectivity index (χ3n) is 5.78. The van der Waals surface area contributed by atoms with E-state index in [2.05, 4.69) is 13.8 Å². The monoisotopic (exact) mass is 428 g/mol. The summed E-state index contributed by atoms with van der Waals surface area (Å²) >= 11 is 0. The summed E-state index contributed by atoms with van der Waals surface area (Å²) in [5, 5.41) is 0.0638. The van der Waals surface area contributed by atoms with E-state index in [9.17, 15) is 13.2 Å². The van der Waals surface area contributed by atoms with Crippen LogP contribution in [0.5, 0.6) is 0 Å². The van der Waals surface area contributed by atoms with E-state index in [0.717, 1.165) is 19.5 Å². The molecule has 0 aliphatic carbocycles. The van der Waals surface area contributed by atoms with E-state index in [-0.39, 0.29) is 15.2 Å². The van der Waals surface area contributed by atoms with Gasteiger partial charge in [0.25, 0.3) is 0 Å². The first-order chi connectivity index (χ1) is 14.2. The van der Waals surface area contributed by atoms with Gasteiger partial charge in [0.1, 0.15) is 10.7 Å². The van der Waals surface area contributed by atoms with Crippen LogP contribution in [0.3, 0.4) is 0 Å². The van der Waals surface area contributed by atoms with Crippen molar-refractivity contribution in [2.75, 3.05) is 18.0 Å². The minimum Gasteiger partial charge on any atom is -0.369 e. The molecule has 2 atom stereocenters. The first kappa shape index (κ1) is 20.6. The van der Waals surface area contributed by atoms with E-state index in [1.165, 1.54) is 24.4 Å². The summed E-state index contributed by atoms with van der Waals surface area (Å²) in [6.45, 7) is 5.80. The molecule has 2 heterocycles. The van der Waals surface area contributed by atoms with Crippen LogP contribution >= 0.6 is 0 Å². The predicted octanol–water partition coefficient (Wildman–Crippen LogP) is 3.99. The lowest BCUT2D eigenvalue weighted by atomic mass is 9.91. The number of piperidine rings is 1. The van der Waals surface area contributed by atoms with Crippen LogP contribution in [0, 0.1) is 17.7 Å². The minimum atomic E-state index is -4.01. The molecule has 158 valence electrons. The molecule has 1 saturated heterocycles. The molecule has 2 aromatic carbocycles. The fraction of sp³-hybridized carbons (Fsp3) is 0.348. The van der Waals surface area contributed by atoms with Crippen molar-refractivity contribution in [3.05, 3.63) is 64.7 Å². The number of aryl methyl sites for hydroxylation is 1. The molecule has 0 bridgehead atoms. The largest absolute Gasteiger partial charge is 0.369 e. The molecule has 3 aromatic rings. The molecule has 5 nitrogen and oxygen atoms in total. The highest BCUT2D eigenvalue weighted by atomic mass is 32.2. The molecule has 1 aliphatic heterocycles. The third-order valence-corrected chi connectivity index (χ3v) is 7.54. The molecule has 7 heteroatoms. The number of halogens is 1. The standard InChI is InChI=1S/C23H25FN2O3S/c1-15-9-16(2)13-26(12-15)21-11-20-18(10-19(21)24)23(27)22(14-25(20)3)30(28,29)17-7-5-4-6-8-17/h4-8,10-11,14-16H,9,12-13H2,1-3H3/t15-,16-/m0/s1. The fourth-order valence-electron chi connectivity index (χ4n) is 4.48. The maximum absolute atomic E-state index is 15.1. The van der Waals surface area contributed by atoms with Gasteiger partial charge >= 0.3 is 0 Å². The van der Waals surface area contributed by atoms with Gasteiger partial charge in [-0.25, -0.2) is 12.8 Å². The van der Waals surface area contributed by atoms with Crippen LogP contribution in [-0.2, 0) is 16.9 Å². The second-order valence-electron chi connectivity index (χ2n) is 8.42. The zero-order valence-electron chi connectivity index (χ0n) is 17.3. The molecule has 4 rings (SSSR count). The van der Waals surface area contributed by atoms with Gasteiger partial charge in [0.15, 0.2) is 0 Å². The average molecular weight is 429 g/mol. The van der Waals surface area contributed by atoms with E-state index in [1.807, 2.05) is 4.90 Å². The summed E-state index contributed by atoms with van der Waals surface area (Å²) in [6.07, 6.45) is 2.43. The lowest BCUT2D eigenvalue weighted by Gasteiger charge is -2.36. The van der Waals surface area contributed by atoms with Crippen molar-refractivity contribution < 1.29 is 12.8 Å². The van der Waals surface area contributed by atoms with Crippen LogP contribution in [0.1, 0.15) is 20.3 Å². The van der Waals surface area contributed by atoms with Crippen LogP contribution in [0.4, 0.5) is 10.1 Å². The molecule has 0 unspecified atom stereocenters. The van der Waals surface area contributed by atoms with E-state index in [4.69, 9.17) is 0 Å². The number of rotatable bonds is 3. The first-order valence-corrected chi connectivity index (χ1v) is 11.5. The molecular weight excluding hydrogens is 403 g/mol. The normalized spacial score (nSPS) is 19.9. The molecule has 0 radical (unpaired) electrons. The van der Waals surface area contributed by atoms with Gasteiger partial charge in [0, 0.05) is 26.3 Å². The Bertz CT molecular complexity index is 1260. The van der Waals surface area contributed by atoms with Crippen LogP contribution < -0.4 is 10.3 Å². The maximum Gasteiger partial charge on any atom is 0.211 e. The van der Waals surface area contributed by atoms with Crippen LogP contribution in [0.15, 0.2) is 63.2 Å². The van der Waals surface area contributed by atoms with Crippen LogP contribution in [0.2, 0.25) is 0 Å². The summed E-state index contributed by atoms with van der Waals surface area (Å²) in [6, 6.07) is 10.6. The molecule has 0 N–H and O–H groups in total. The molecule has 1 aliphatic rings. The van der Waals surface area contributed by atoms with Crippen LogP contribution in [-0.4, -0.2) is 26.1 Å². The fourth-order valence-corrected chi connectivity index (χ4v) is 5.90. The Labute approximate surface area is 175 Å². The molecule has 0 amide bonds. The number of pyridine rings is 1. The smallest absolute Gasteiger partial charge is 0.211 e. The van der Waals surface area contributed by atoms with Gasteiger partial charge in [-0.2, -0.15) is 0 Å². The Morgan fingerprint density at radius 2 is 1.67 bits per heavy atom. The Kier molecular flexibility index (Phi) is 5.18. The average Bonchev–Trinajstić information content (AvgIpc) is 2.70. The van der Waals surface area contributed by atoms with Gasteiger partial charge in [0.2, 0.25) is 15.3 Å². The zero-order chi connectivity index (χ0) is 21.6. The summed E-state index contributed by atoms with van der Waals surface area (Å²) in [5.74, 6) is 0.396. The van der Waals surface area contributed by atoms with Crippen molar-refractivity contribution in [1.82, 2.24) is 4.57 Å². The summed E-state index contributed by atoms with van der Waals surface area (Å²) in [4.78, 5) is 14.8. The Balaban J connectivity index is 1.88. The first-order valence-electron chi connectivity index (χ1n) is 10.1. The SMILES string of the molecule is C[C@H]1C[C@H](C)CN(c2cc3c(cc2F)c(=O)c(S(=O)(=O)c2ccccc2)cn3C)C1. The molecule has 0 saturated carbocycles. The number of anilines is 1. The third kappa shape index (κ3) is 3.51. The highest BCUT2D eigenvalue weighted by Gasteiger charge is 2.27. The van der Waals surface area contributed by atoms with E-state index in [1.54, 1.807) is 35.9 Å². The van der Waals surface area contributed by atoms with Gasteiger partial charge < -0.3 is 9.47 Å². The van der Waals surface area contributed by atoms with Crippen molar-refractivity contribution in [2.24, 2.45) is 18.9 Å². The lowest BCUT2D eigenvalue weighted by molar-refractivity contribution is 0.354. The number of fused-ring (bicyclic) bond motifs is 1. The van der Waals surface area contributed by atoms with Gasteiger partial charge in [-0.3, -0.25) is 4.79 Å². The van der Waals surface area contributed by atoms with E-state index >= 15 is 4.39 Å². The second kappa shape index (κ2) is 7.54. The number of benzene rings is 2. The predicted molar refractivity (Wildman–Crippen MR) is 116 cm³/mol. The summed E-state index contributed by atoms with van der Waals surface area (Å²) in [5.41, 5.74) is 0.279. The zero-order valence-corrected chi connectivity index (χ0v) is 18.1. The Hall–Kier alpha value is -2.67. The summed E-state index contributed by atoms with van der Waals surface area (Å²) < 4.78 is 42.7. The lowest BCUT2D eigenvalue weighted by Crippen LogP contribution is -2.39. The van der Waals surface area contributed by atoms with Gasteiger partial charge in [-0.1, -0.05) is 32.0 Å². The van der Waals surface area contributed by atoms with Crippen molar-refractivity contribution in [1.29, 1.82) is 0 Å². The van der Waals surface area contributed by atoms with E-state index < -0.39 is 21.1 Å². The van der Waals surface area contributed by atoms with Crippen LogP contribution in [0.25, 0.3) is 10.9 Å².